The summed E-state index contributed by atoms with van der Waals surface area (Å²) in [5.74, 6) is -1.95. The van der Waals surface area contributed by atoms with Crippen molar-refractivity contribution in [1.82, 2.24) is 4.31 Å². The van der Waals surface area contributed by atoms with Crippen LogP contribution >= 0.6 is 0 Å². The van der Waals surface area contributed by atoms with E-state index in [1.165, 1.54) is 6.07 Å². The van der Waals surface area contributed by atoms with E-state index >= 15 is 0 Å². The number of nitrogens with two attached hydrogens (primary N) is 1. The molecule has 0 aromatic heterocycles. The highest BCUT2D eigenvalue weighted by molar-refractivity contribution is 7.88. The summed E-state index contributed by atoms with van der Waals surface area (Å²) in [4.78, 5) is 10.9. The lowest BCUT2D eigenvalue weighted by atomic mass is 10.1. The average Bonchev–Trinajstić information content (AvgIpc) is 2.45. The Balaban J connectivity index is 3.21. The number of sulfonamides is 1. The summed E-state index contributed by atoms with van der Waals surface area (Å²) >= 11 is 0. The van der Waals surface area contributed by atoms with Crippen LogP contribution in [0.4, 0.5) is 17.6 Å². The van der Waals surface area contributed by atoms with Gasteiger partial charge in [0.15, 0.2) is 0 Å². The lowest BCUT2D eigenvalue weighted by molar-refractivity contribution is -0.118. The number of primary amides is 1. The second-order valence-electron chi connectivity index (χ2n) is 4.76. The third-order valence-electron chi connectivity index (χ3n) is 2.86. The molecule has 0 radical (unpaired) electrons. The average molecular weight is 367 g/mol. The van der Waals surface area contributed by atoms with Crippen molar-refractivity contribution >= 4 is 15.9 Å². The summed E-state index contributed by atoms with van der Waals surface area (Å²) in [7, 11) is -4.30. The van der Waals surface area contributed by atoms with Crippen LogP contribution in [0.3, 0.4) is 0 Å². The van der Waals surface area contributed by atoms with Gasteiger partial charge in [0.2, 0.25) is 15.9 Å². The molecule has 2 N–H and O–H groups in total. The van der Waals surface area contributed by atoms with Crippen molar-refractivity contribution in [2.75, 3.05) is 13.1 Å². The van der Waals surface area contributed by atoms with Gasteiger partial charge in [-0.3, -0.25) is 4.79 Å². The minimum Gasteiger partial charge on any atom is -0.369 e. The summed E-state index contributed by atoms with van der Waals surface area (Å²) in [5, 5.41) is 8.61. The minimum absolute atomic E-state index is 0.310. The number of hydrogen-bond donors (Lipinski definition) is 1. The van der Waals surface area contributed by atoms with Gasteiger partial charge in [0.25, 0.3) is 12.9 Å². The van der Waals surface area contributed by atoms with Gasteiger partial charge in [0, 0.05) is 11.1 Å². The van der Waals surface area contributed by atoms with Crippen LogP contribution in [-0.4, -0.2) is 31.7 Å². The molecule has 0 unspecified atom stereocenters. The fraction of sp³-hybridized carbons (Fsp3) is 0.385. The molecule has 6 nitrogen and oxygen atoms in total. The number of rotatable bonds is 8. The van der Waals surface area contributed by atoms with Crippen molar-refractivity contribution in [3.63, 3.8) is 0 Å². The zero-order valence-electron chi connectivity index (χ0n) is 12.1. The van der Waals surface area contributed by atoms with Gasteiger partial charge in [-0.25, -0.2) is 26.0 Å². The quantitative estimate of drug-likeness (QED) is 0.558. The fourth-order valence-electron chi connectivity index (χ4n) is 1.89. The number of hydrogen-bond acceptors (Lipinski definition) is 4. The standard InChI is InChI=1S/C13H13F4N3O3S/c14-12(15)9-3-8(4-10(5-9)13(16)17)7-24(22,23)20(2-1-18)6-11(19)21/h3-5,12-13H,2,6-7H2,(H2,19,21). The first kappa shape index (κ1) is 19.9. The third kappa shape index (κ3) is 5.47. The number of nitriles is 1. The fourth-order valence-corrected chi connectivity index (χ4v) is 3.24. The number of benzene rings is 1. The number of carbonyl (C=O) groups excluding carboxylic acids is 1. The predicted molar refractivity (Wildman–Crippen MR) is 75.4 cm³/mol. The van der Waals surface area contributed by atoms with Gasteiger partial charge in [-0.1, -0.05) is 0 Å². The van der Waals surface area contributed by atoms with E-state index < -0.39 is 58.8 Å². The van der Waals surface area contributed by atoms with Crippen molar-refractivity contribution in [1.29, 1.82) is 5.26 Å². The van der Waals surface area contributed by atoms with E-state index in [2.05, 4.69) is 0 Å². The molecule has 1 amide bonds. The van der Waals surface area contributed by atoms with Gasteiger partial charge in [0.1, 0.15) is 6.54 Å². The van der Waals surface area contributed by atoms with Gasteiger partial charge in [-0.15, -0.1) is 0 Å². The highest BCUT2D eigenvalue weighted by Crippen LogP contribution is 2.28. The molecule has 0 fully saturated rings. The molecule has 0 saturated heterocycles. The summed E-state index contributed by atoms with van der Waals surface area (Å²) in [6, 6.07) is 3.67. The Morgan fingerprint density at radius 1 is 1.17 bits per heavy atom. The smallest absolute Gasteiger partial charge is 0.263 e. The third-order valence-corrected chi connectivity index (χ3v) is 4.61. The molecule has 11 heteroatoms. The highest BCUT2D eigenvalue weighted by Gasteiger charge is 2.25. The number of carbonyl (C=O) groups is 1. The molecule has 1 rings (SSSR count). The first-order valence-corrected chi connectivity index (χ1v) is 8.01. The molecular formula is C13H13F4N3O3S. The van der Waals surface area contributed by atoms with Gasteiger partial charge < -0.3 is 5.73 Å². The molecule has 0 bridgehead atoms. The summed E-state index contributed by atoms with van der Waals surface area (Å²) in [6.07, 6.45) is -6.13. The van der Waals surface area contributed by atoms with E-state index in [1.807, 2.05) is 0 Å². The van der Waals surface area contributed by atoms with Crippen molar-refractivity contribution < 1.29 is 30.8 Å². The van der Waals surface area contributed by atoms with Crippen LogP contribution in [0.5, 0.6) is 0 Å². The Morgan fingerprint density at radius 3 is 2.04 bits per heavy atom. The first-order chi connectivity index (χ1) is 11.1. The van der Waals surface area contributed by atoms with E-state index in [0.717, 1.165) is 12.1 Å². The molecule has 132 valence electrons. The molecule has 24 heavy (non-hydrogen) atoms. The maximum Gasteiger partial charge on any atom is 0.263 e. The van der Waals surface area contributed by atoms with Crippen LogP contribution in [0.1, 0.15) is 29.5 Å². The Morgan fingerprint density at radius 2 is 1.67 bits per heavy atom. The Hall–Kier alpha value is -2.19. The topological polar surface area (TPSA) is 104 Å². The second-order valence-corrected chi connectivity index (χ2v) is 6.73. The molecule has 0 atom stereocenters. The van der Waals surface area contributed by atoms with E-state index in [0.29, 0.717) is 10.4 Å². The predicted octanol–water partition coefficient (Wildman–Crippen LogP) is 1.70. The monoisotopic (exact) mass is 367 g/mol. The molecule has 0 aliphatic carbocycles. The summed E-state index contributed by atoms with van der Waals surface area (Å²) in [5.41, 5.74) is 3.08. The van der Waals surface area contributed by atoms with Crippen LogP contribution in [0.25, 0.3) is 0 Å². The van der Waals surface area contributed by atoms with Crippen LogP contribution in [0.15, 0.2) is 18.2 Å². The van der Waals surface area contributed by atoms with E-state index in [4.69, 9.17) is 11.0 Å². The summed E-state index contributed by atoms with van der Waals surface area (Å²) < 4.78 is 75.9. The highest BCUT2D eigenvalue weighted by atomic mass is 32.2. The van der Waals surface area contributed by atoms with E-state index in [-0.39, 0.29) is 5.56 Å². The van der Waals surface area contributed by atoms with Crippen LogP contribution < -0.4 is 5.73 Å². The zero-order chi connectivity index (χ0) is 18.5. The van der Waals surface area contributed by atoms with Crippen molar-refractivity contribution in [3.05, 3.63) is 34.9 Å². The van der Waals surface area contributed by atoms with Gasteiger partial charge in [-0.05, 0) is 23.8 Å². The van der Waals surface area contributed by atoms with Crippen molar-refractivity contribution in [3.8, 4) is 6.07 Å². The Bertz CT molecular complexity index is 721. The molecule has 0 aliphatic rings. The Labute approximate surface area is 135 Å². The molecule has 0 spiro atoms. The normalized spacial score (nSPS) is 11.9. The SMILES string of the molecule is N#CCN(CC(N)=O)S(=O)(=O)Cc1cc(C(F)F)cc(C(F)F)c1. The first-order valence-electron chi connectivity index (χ1n) is 6.40. The van der Waals surface area contributed by atoms with Crippen molar-refractivity contribution in [2.45, 2.75) is 18.6 Å². The van der Waals surface area contributed by atoms with Gasteiger partial charge in [0.05, 0.1) is 18.4 Å². The van der Waals surface area contributed by atoms with E-state index in [1.54, 1.807) is 0 Å². The number of alkyl halides is 4. The minimum atomic E-state index is -4.30. The number of halogens is 4. The maximum atomic E-state index is 12.8. The van der Waals surface area contributed by atoms with Crippen molar-refractivity contribution in [2.24, 2.45) is 5.73 Å². The summed E-state index contributed by atoms with van der Waals surface area (Å²) in [6.45, 7) is -1.48. The molecule has 0 saturated carbocycles. The van der Waals surface area contributed by atoms with Crippen LogP contribution in [0.2, 0.25) is 0 Å². The molecule has 0 heterocycles. The maximum absolute atomic E-state index is 12.8. The zero-order valence-corrected chi connectivity index (χ0v) is 12.9. The molecule has 0 aliphatic heterocycles. The Kier molecular flexibility index (Phi) is 6.68. The number of nitrogens with zero attached hydrogens (tertiary/aromatic N) is 2. The van der Waals surface area contributed by atoms with Gasteiger partial charge >= 0.3 is 0 Å². The van der Waals surface area contributed by atoms with E-state index in [9.17, 15) is 30.8 Å². The van der Waals surface area contributed by atoms with Crippen LogP contribution in [0, 0.1) is 11.3 Å². The molecule has 1 aromatic carbocycles. The molecular weight excluding hydrogens is 354 g/mol. The lowest BCUT2D eigenvalue weighted by Gasteiger charge is -2.18. The number of amides is 1. The lowest BCUT2D eigenvalue weighted by Crippen LogP contribution is -2.39. The van der Waals surface area contributed by atoms with Gasteiger partial charge in [-0.2, -0.15) is 9.57 Å². The largest absolute Gasteiger partial charge is 0.369 e. The second kappa shape index (κ2) is 8.07. The molecule has 1 aromatic rings. The van der Waals surface area contributed by atoms with Crippen LogP contribution in [-0.2, 0) is 20.6 Å².